The zero-order chi connectivity index (χ0) is 13.2. The maximum atomic E-state index is 6.34. The fraction of sp³-hybridized carbons (Fsp3) is 0.538. The SMILES string of the molecule is COc1c(C)c(C)c(Cl)c(C)c1CN(C)CN. The molecule has 2 N–H and O–H groups in total. The largest absolute Gasteiger partial charge is 0.496 e. The number of ether oxygens (including phenoxy) is 1. The fourth-order valence-corrected chi connectivity index (χ4v) is 2.20. The minimum atomic E-state index is 0.507. The summed E-state index contributed by atoms with van der Waals surface area (Å²) in [5.41, 5.74) is 10.00. The molecular weight excluding hydrogens is 236 g/mol. The van der Waals surface area contributed by atoms with E-state index in [1.165, 1.54) is 0 Å². The summed E-state index contributed by atoms with van der Waals surface area (Å²) < 4.78 is 5.51. The molecule has 0 aromatic heterocycles. The number of rotatable bonds is 4. The third kappa shape index (κ3) is 2.73. The van der Waals surface area contributed by atoms with E-state index in [4.69, 9.17) is 22.1 Å². The summed E-state index contributed by atoms with van der Waals surface area (Å²) in [4.78, 5) is 2.02. The quantitative estimate of drug-likeness (QED) is 0.842. The molecule has 0 atom stereocenters. The van der Waals surface area contributed by atoms with Gasteiger partial charge < -0.3 is 10.5 Å². The van der Waals surface area contributed by atoms with E-state index in [-0.39, 0.29) is 0 Å². The number of halogens is 1. The summed E-state index contributed by atoms with van der Waals surface area (Å²) in [5, 5.41) is 0.823. The van der Waals surface area contributed by atoms with Crippen molar-refractivity contribution in [2.24, 2.45) is 5.73 Å². The standard InChI is InChI=1S/C13H21ClN2O/c1-8-9(2)13(17-5)11(6-16(4)7-15)10(3)12(8)14/h6-7,15H2,1-5H3. The van der Waals surface area contributed by atoms with Gasteiger partial charge in [-0.25, -0.2) is 0 Å². The molecule has 0 heterocycles. The van der Waals surface area contributed by atoms with Crippen molar-refractivity contribution in [3.05, 3.63) is 27.3 Å². The fourth-order valence-electron chi connectivity index (χ4n) is 1.95. The predicted molar refractivity (Wildman–Crippen MR) is 72.7 cm³/mol. The highest BCUT2D eigenvalue weighted by Gasteiger charge is 2.17. The molecule has 1 aromatic rings. The van der Waals surface area contributed by atoms with Crippen molar-refractivity contribution >= 4 is 11.6 Å². The Morgan fingerprint density at radius 3 is 2.24 bits per heavy atom. The zero-order valence-electron chi connectivity index (χ0n) is 11.2. The summed E-state index contributed by atoms with van der Waals surface area (Å²) in [6, 6.07) is 0. The van der Waals surface area contributed by atoms with Crippen LogP contribution >= 0.6 is 11.6 Å². The molecule has 0 aliphatic carbocycles. The lowest BCUT2D eigenvalue weighted by Gasteiger charge is -2.22. The first-order valence-corrected chi connectivity index (χ1v) is 6.02. The highest BCUT2D eigenvalue weighted by molar-refractivity contribution is 6.32. The topological polar surface area (TPSA) is 38.5 Å². The average molecular weight is 257 g/mol. The molecule has 0 aliphatic heterocycles. The second-order valence-electron chi connectivity index (χ2n) is 4.40. The molecule has 0 amide bonds. The van der Waals surface area contributed by atoms with E-state index in [0.29, 0.717) is 6.67 Å². The number of hydrogen-bond donors (Lipinski definition) is 1. The van der Waals surface area contributed by atoms with E-state index >= 15 is 0 Å². The minimum absolute atomic E-state index is 0.507. The van der Waals surface area contributed by atoms with Gasteiger partial charge in [-0.3, -0.25) is 4.90 Å². The van der Waals surface area contributed by atoms with Crippen molar-refractivity contribution in [2.75, 3.05) is 20.8 Å². The summed E-state index contributed by atoms with van der Waals surface area (Å²) in [6.45, 7) is 7.32. The molecule has 0 fully saturated rings. The van der Waals surface area contributed by atoms with Crippen LogP contribution in [0.2, 0.25) is 5.02 Å². The van der Waals surface area contributed by atoms with E-state index in [1.54, 1.807) is 7.11 Å². The van der Waals surface area contributed by atoms with Gasteiger partial charge in [0.05, 0.1) is 7.11 Å². The zero-order valence-corrected chi connectivity index (χ0v) is 12.0. The van der Waals surface area contributed by atoms with Crippen molar-refractivity contribution in [3.8, 4) is 5.75 Å². The molecule has 17 heavy (non-hydrogen) atoms. The Kier molecular flexibility index (Phi) is 4.80. The van der Waals surface area contributed by atoms with Gasteiger partial charge in [-0.15, -0.1) is 0 Å². The Morgan fingerprint density at radius 2 is 1.76 bits per heavy atom. The number of benzene rings is 1. The monoisotopic (exact) mass is 256 g/mol. The van der Waals surface area contributed by atoms with Crippen molar-refractivity contribution in [1.29, 1.82) is 0 Å². The average Bonchev–Trinajstić information content (AvgIpc) is 2.33. The molecule has 0 unspecified atom stereocenters. The summed E-state index contributed by atoms with van der Waals surface area (Å²) in [6.07, 6.45) is 0. The van der Waals surface area contributed by atoms with E-state index in [2.05, 4.69) is 0 Å². The van der Waals surface area contributed by atoms with Crippen LogP contribution in [0, 0.1) is 20.8 Å². The Hall–Kier alpha value is -0.770. The first kappa shape index (κ1) is 14.3. The predicted octanol–water partition coefficient (Wildman–Crippen LogP) is 2.62. The Morgan fingerprint density at radius 1 is 1.18 bits per heavy atom. The van der Waals surface area contributed by atoms with Crippen LogP contribution in [0.15, 0.2) is 0 Å². The van der Waals surface area contributed by atoms with Crippen LogP contribution in [0.1, 0.15) is 22.3 Å². The number of methoxy groups -OCH3 is 1. The molecule has 0 saturated carbocycles. The number of hydrogen-bond acceptors (Lipinski definition) is 3. The van der Waals surface area contributed by atoms with Crippen LogP contribution < -0.4 is 10.5 Å². The van der Waals surface area contributed by atoms with Gasteiger partial charge in [0.2, 0.25) is 0 Å². The van der Waals surface area contributed by atoms with Crippen molar-refractivity contribution in [3.63, 3.8) is 0 Å². The normalized spacial score (nSPS) is 11.1. The Labute approximate surface area is 109 Å². The molecule has 0 bridgehead atoms. The van der Waals surface area contributed by atoms with Crippen LogP contribution in [0.4, 0.5) is 0 Å². The molecule has 0 aliphatic rings. The highest BCUT2D eigenvalue weighted by Crippen LogP contribution is 2.36. The van der Waals surface area contributed by atoms with E-state index < -0.39 is 0 Å². The van der Waals surface area contributed by atoms with Gasteiger partial charge in [0.15, 0.2) is 0 Å². The molecule has 1 aromatic carbocycles. The van der Waals surface area contributed by atoms with E-state index in [1.807, 2.05) is 32.7 Å². The summed E-state index contributed by atoms with van der Waals surface area (Å²) >= 11 is 6.34. The van der Waals surface area contributed by atoms with Gasteiger partial charge in [0.1, 0.15) is 5.75 Å². The molecule has 96 valence electrons. The van der Waals surface area contributed by atoms with Gasteiger partial charge in [-0.2, -0.15) is 0 Å². The Balaban J connectivity index is 3.36. The molecule has 0 saturated heterocycles. The lowest BCUT2D eigenvalue weighted by atomic mass is 9.98. The van der Waals surface area contributed by atoms with Gasteiger partial charge in [-0.05, 0) is 44.5 Å². The van der Waals surface area contributed by atoms with E-state index in [9.17, 15) is 0 Å². The smallest absolute Gasteiger partial charge is 0.126 e. The molecule has 0 spiro atoms. The molecular formula is C13H21ClN2O. The van der Waals surface area contributed by atoms with Gasteiger partial charge in [-0.1, -0.05) is 11.6 Å². The van der Waals surface area contributed by atoms with Crippen LogP contribution in [-0.4, -0.2) is 25.7 Å². The Bertz CT molecular complexity index is 419. The van der Waals surface area contributed by atoms with Crippen LogP contribution in [-0.2, 0) is 6.54 Å². The lowest BCUT2D eigenvalue weighted by molar-refractivity contribution is 0.324. The van der Waals surface area contributed by atoms with Crippen LogP contribution in [0.5, 0.6) is 5.75 Å². The first-order valence-electron chi connectivity index (χ1n) is 5.64. The van der Waals surface area contributed by atoms with Crippen molar-refractivity contribution < 1.29 is 4.74 Å². The second-order valence-corrected chi connectivity index (χ2v) is 4.78. The maximum absolute atomic E-state index is 6.34. The number of nitrogens with zero attached hydrogens (tertiary/aromatic N) is 1. The highest BCUT2D eigenvalue weighted by atomic mass is 35.5. The second kappa shape index (κ2) is 5.71. The minimum Gasteiger partial charge on any atom is -0.496 e. The van der Waals surface area contributed by atoms with Crippen molar-refractivity contribution in [1.82, 2.24) is 4.90 Å². The first-order chi connectivity index (χ1) is 7.93. The summed E-state index contributed by atoms with van der Waals surface area (Å²) in [5.74, 6) is 0.921. The van der Waals surface area contributed by atoms with E-state index in [0.717, 1.165) is 39.6 Å². The van der Waals surface area contributed by atoms with Gasteiger partial charge >= 0.3 is 0 Å². The summed E-state index contributed by atoms with van der Waals surface area (Å²) in [7, 11) is 3.67. The third-order valence-electron chi connectivity index (χ3n) is 3.23. The lowest BCUT2D eigenvalue weighted by Crippen LogP contribution is -2.26. The third-order valence-corrected chi connectivity index (χ3v) is 3.80. The van der Waals surface area contributed by atoms with Gasteiger partial charge in [0.25, 0.3) is 0 Å². The molecule has 0 radical (unpaired) electrons. The molecule has 3 nitrogen and oxygen atoms in total. The number of nitrogens with two attached hydrogens (primary N) is 1. The van der Waals surface area contributed by atoms with Gasteiger partial charge in [0, 0.05) is 23.8 Å². The van der Waals surface area contributed by atoms with Crippen molar-refractivity contribution in [2.45, 2.75) is 27.3 Å². The van der Waals surface area contributed by atoms with Crippen LogP contribution in [0.3, 0.4) is 0 Å². The van der Waals surface area contributed by atoms with Crippen LogP contribution in [0.25, 0.3) is 0 Å². The molecule has 4 heteroatoms. The molecule has 1 rings (SSSR count). The maximum Gasteiger partial charge on any atom is 0.126 e.